The molecule has 4 heteroatoms. The van der Waals surface area contributed by atoms with Gasteiger partial charge in [0, 0.05) is 18.8 Å². The van der Waals surface area contributed by atoms with Gasteiger partial charge in [0.1, 0.15) is 0 Å². The molecule has 0 aliphatic carbocycles. The molecule has 0 spiro atoms. The summed E-state index contributed by atoms with van der Waals surface area (Å²) in [5, 5.41) is 2.76. The molecule has 0 fully saturated rings. The minimum Gasteiger partial charge on any atom is -0.351 e. The molecule has 1 atom stereocenters. The highest BCUT2D eigenvalue weighted by atomic mass is 16.7. The predicted octanol–water partition coefficient (Wildman–Crippen LogP) is 1.47. The molecule has 4 nitrogen and oxygen atoms in total. The Kier molecular flexibility index (Phi) is 6.99. The highest BCUT2D eigenvalue weighted by Crippen LogP contribution is 2.02. The van der Waals surface area contributed by atoms with Crippen molar-refractivity contribution >= 4 is 5.91 Å². The average molecular weight is 215 g/mol. The summed E-state index contributed by atoms with van der Waals surface area (Å²) >= 11 is 0. The van der Waals surface area contributed by atoms with Crippen molar-refractivity contribution in [3.8, 4) is 0 Å². The number of carbonyl (C=O) groups excluding carboxylic acids is 1. The standard InChI is InChI=1S/C11H21NO3/c1-6-14-11(15-7-2)9(5)12-10(13)8(3)4/h9,11H,3,6-7H2,1-2,4-5H3,(H,12,13). The summed E-state index contributed by atoms with van der Waals surface area (Å²) in [4.78, 5) is 11.3. The molecule has 0 aromatic carbocycles. The summed E-state index contributed by atoms with van der Waals surface area (Å²) in [5.41, 5.74) is 0.480. The monoisotopic (exact) mass is 215 g/mol. The van der Waals surface area contributed by atoms with Crippen molar-refractivity contribution in [2.24, 2.45) is 0 Å². The molecule has 0 aliphatic heterocycles. The lowest BCUT2D eigenvalue weighted by molar-refractivity contribution is -0.154. The van der Waals surface area contributed by atoms with Crippen LogP contribution in [0, 0.1) is 0 Å². The zero-order valence-corrected chi connectivity index (χ0v) is 10.0. The summed E-state index contributed by atoms with van der Waals surface area (Å²) in [6.45, 7) is 12.0. The molecule has 0 heterocycles. The quantitative estimate of drug-likeness (QED) is 0.516. The fourth-order valence-corrected chi connectivity index (χ4v) is 1.06. The highest BCUT2D eigenvalue weighted by molar-refractivity contribution is 5.92. The first-order chi connectivity index (χ1) is 7.02. The minimum atomic E-state index is -0.400. The molecule has 1 amide bonds. The van der Waals surface area contributed by atoms with Gasteiger partial charge in [-0.05, 0) is 27.7 Å². The zero-order valence-electron chi connectivity index (χ0n) is 10.0. The van der Waals surface area contributed by atoms with E-state index in [2.05, 4.69) is 11.9 Å². The van der Waals surface area contributed by atoms with Crippen LogP contribution >= 0.6 is 0 Å². The summed E-state index contributed by atoms with van der Waals surface area (Å²) in [6.07, 6.45) is -0.400. The van der Waals surface area contributed by atoms with Crippen LogP contribution < -0.4 is 5.32 Å². The maximum atomic E-state index is 11.3. The van der Waals surface area contributed by atoms with Crippen molar-refractivity contribution in [2.75, 3.05) is 13.2 Å². The van der Waals surface area contributed by atoms with Gasteiger partial charge in [0.15, 0.2) is 6.29 Å². The molecular weight excluding hydrogens is 194 g/mol. The van der Waals surface area contributed by atoms with Crippen LogP contribution in [0.25, 0.3) is 0 Å². The number of amides is 1. The van der Waals surface area contributed by atoms with Gasteiger partial charge >= 0.3 is 0 Å². The molecule has 0 aromatic rings. The number of hydrogen-bond acceptors (Lipinski definition) is 3. The van der Waals surface area contributed by atoms with Crippen LogP contribution in [0.4, 0.5) is 0 Å². The molecule has 1 N–H and O–H groups in total. The van der Waals surface area contributed by atoms with E-state index >= 15 is 0 Å². The molecule has 88 valence electrons. The first kappa shape index (κ1) is 14.1. The second-order valence-corrected chi connectivity index (χ2v) is 3.32. The van der Waals surface area contributed by atoms with Gasteiger partial charge in [-0.15, -0.1) is 0 Å². The van der Waals surface area contributed by atoms with Crippen molar-refractivity contribution in [1.29, 1.82) is 0 Å². The van der Waals surface area contributed by atoms with Gasteiger partial charge in [0.05, 0.1) is 6.04 Å². The lowest BCUT2D eigenvalue weighted by Gasteiger charge is -2.24. The Labute approximate surface area is 91.6 Å². The first-order valence-corrected chi connectivity index (χ1v) is 5.22. The highest BCUT2D eigenvalue weighted by Gasteiger charge is 2.19. The largest absolute Gasteiger partial charge is 0.351 e. The molecule has 0 saturated carbocycles. The SMILES string of the molecule is C=C(C)C(=O)NC(C)C(OCC)OCC. The second-order valence-electron chi connectivity index (χ2n) is 3.32. The van der Waals surface area contributed by atoms with Crippen LogP contribution in [-0.2, 0) is 14.3 Å². The van der Waals surface area contributed by atoms with E-state index in [0.717, 1.165) is 0 Å². The topological polar surface area (TPSA) is 47.6 Å². The lowest BCUT2D eigenvalue weighted by atomic mass is 10.2. The van der Waals surface area contributed by atoms with E-state index in [1.807, 2.05) is 20.8 Å². The van der Waals surface area contributed by atoms with Crippen LogP contribution in [0.1, 0.15) is 27.7 Å². The number of nitrogens with one attached hydrogen (secondary N) is 1. The third-order valence-corrected chi connectivity index (χ3v) is 1.82. The molecular formula is C11H21NO3. The molecule has 0 aliphatic rings. The van der Waals surface area contributed by atoms with Crippen molar-refractivity contribution in [3.05, 3.63) is 12.2 Å². The molecule has 1 unspecified atom stereocenters. The zero-order chi connectivity index (χ0) is 11.8. The van der Waals surface area contributed by atoms with Crippen LogP contribution in [-0.4, -0.2) is 31.5 Å². The summed E-state index contributed by atoms with van der Waals surface area (Å²) in [6, 6.07) is -0.186. The fourth-order valence-electron chi connectivity index (χ4n) is 1.06. The number of carbonyl (C=O) groups is 1. The van der Waals surface area contributed by atoms with E-state index in [9.17, 15) is 4.79 Å². The number of hydrogen-bond donors (Lipinski definition) is 1. The van der Waals surface area contributed by atoms with Gasteiger partial charge in [0.25, 0.3) is 0 Å². The smallest absolute Gasteiger partial charge is 0.246 e. The Bertz CT molecular complexity index is 210. The van der Waals surface area contributed by atoms with E-state index in [1.165, 1.54) is 0 Å². The van der Waals surface area contributed by atoms with Crippen molar-refractivity contribution < 1.29 is 14.3 Å². The van der Waals surface area contributed by atoms with Crippen LogP contribution in [0.3, 0.4) is 0 Å². The first-order valence-electron chi connectivity index (χ1n) is 5.22. The Morgan fingerprint density at radius 3 is 2.13 bits per heavy atom. The third-order valence-electron chi connectivity index (χ3n) is 1.82. The molecule has 0 bridgehead atoms. The number of ether oxygens (including phenoxy) is 2. The van der Waals surface area contributed by atoms with Crippen LogP contribution in [0.5, 0.6) is 0 Å². The van der Waals surface area contributed by atoms with Crippen LogP contribution in [0.2, 0.25) is 0 Å². The molecule has 0 aromatic heterocycles. The molecule has 0 saturated heterocycles. The minimum absolute atomic E-state index is 0.174. The average Bonchev–Trinajstić information content (AvgIpc) is 2.17. The normalized spacial score (nSPS) is 12.6. The molecule has 0 rings (SSSR count). The van der Waals surface area contributed by atoms with E-state index in [1.54, 1.807) is 6.92 Å². The van der Waals surface area contributed by atoms with Crippen molar-refractivity contribution in [3.63, 3.8) is 0 Å². The Hall–Kier alpha value is -0.870. The van der Waals surface area contributed by atoms with Gasteiger partial charge in [-0.2, -0.15) is 0 Å². The van der Waals surface area contributed by atoms with Crippen molar-refractivity contribution in [2.45, 2.75) is 40.0 Å². The third kappa shape index (κ3) is 5.54. The second kappa shape index (κ2) is 7.43. The molecule has 0 radical (unpaired) electrons. The van der Waals surface area contributed by atoms with E-state index in [0.29, 0.717) is 18.8 Å². The summed E-state index contributed by atoms with van der Waals surface area (Å²) < 4.78 is 10.7. The van der Waals surface area contributed by atoms with E-state index in [4.69, 9.17) is 9.47 Å². The fraction of sp³-hybridized carbons (Fsp3) is 0.727. The van der Waals surface area contributed by atoms with Gasteiger partial charge in [0.2, 0.25) is 5.91 Å². The van der Waals surface area contributed by atoms with Gasteiger partial charge in [-0.1, -0.05) is 6.58 Å². The molecule has 15 heavy (non-hydrogen) atoms. The maximum absolute atomic E-state index is 11.3. The van der Waals surface area contributed by atoms with E-state index in [-0.39, 0.29) is 11.9 Å². The van der Waals surface area contributed by atoms with Crippen LogP contribution in [0.15, 0.2) is 12.2 Å². The van der Waals surface area contributed by atoms with Gasteiger partial charge < -0.3 is 14.8 Å². The Morgan fingerprint density at radius 1 is 1.33 bits per heavy atom. The van der Waals surface area contributed by atoms with Crippen molar-refractivity contribution in [1.82, 2.24) is 5.32 Å². The lowest BCUT2D eigenvalue weighted by Crippen LogP contribution is -2.44. The Morgan fingerprint density at radius 2 is 1.80 bits per heavy atom. The summed E-state index contributed by atoms with van der Waals surface area (Å²) in [5.74, 6) is -0.174. The Balaban J connectivity index is 4.17. The summed E-state index contributed by atoms with van der Waals surface area (Å²) in [7, 11) is 0. The van der Waals surface area contributed by atoms with Gasteiger partial charge in [-0.3, -0.25) is 4.79 Å². The van der Waals surface area contributed by atoms with Gasteiger partial charge in [-0.25, -0.2) is 0 Å². The van der Waals surface area contributed by atoms with E-state index < -0.39 is 6.29 Å². The number of rotatable bonds is 7. The predicted molar refractivity (Wildman–Crippen MR) is 59.5 cm³/mol. The maximum Gasteiger partial charge on any atom is 0.246 e.